The molecule has 0 amide bonds. The number of phenols is 1. The Morgan fingerprint density at radius 3 is 2.15 bits per heavy atom. The number of non-ortho nitro benzene ring substituents is 1. The van der Waals surface area contributed by atoms with Gasteiger partial charge in [-0.1, -0.05) is 0 Å². The molecular formula is C15H18N6O11S. The molecule has 0 aliphatic rings. The summed E-state index contributed by atoms with van der Waals surface area (Å²) in [6.07, 6.45) is 0.159. The van der Waals surface area contributed by atoms with Gasteiger partial charge in [0.25, 0.3) is 15.8 Å². The molecule has 9 N–H and O–H groups in total. The number of benzene rings is 2. The number of aliphatic carboxylic acids is 1. The van der Waals surface area contributed by atoms with Crippen LogP contribution in [0, 0.1) is 20.2 Å². The molecule has 0 aromatic heterocycles. The summed E-state index contributed by atoms with van der Waals surface area (Å²) in [5.74, 6) is -2.21. The molecule has 1 atom stereocenters. The number of aromatic hydroxyl groups is 1. The fraction of sp³-hybridized carbons (Fsp3) is 0.200. The van der Waals surface area contributed by atoms with Gasteiger partial charge in [-0.2, -0.15) is 8.42 Å². The highest BCUT2D eigenvalue weighted by Gasteiger charge is 2.26. The number of carbonyl (C=O) groups is 1. The van der Waals surface area contributed by atoms with E-state index < -0.39 is 59.4 Å². The second kappa shape index (κ2) is 10.8. The van der Waals surface area contributed by atoms with Crippen LogP contribution in [0.1, 0.15) is 6.42 Å². The molecule has 0 heterocycles. The number of fused-ring (bicyclic) bond motifs is 1. The van der Waals surface area contributed by atoms with E-state index >= 15 is 0 Å². The summed E-state index contributed by atoms with van der Waals surface area (Å²) in [5.41, 5.74) is 13.4. The number of hydrogen-bond donors (Lipinski definition) is 6. The summed E-state index contributed by atoms with van der Waals surface area (Å²) in [7, 11) is -4.63. The molecule has 0 spiro atoms. The Kier molecular flexibility index (Phi) is 8.78. The standard InChI is InChI=1S/C10H6N2O8S.C5H12N4O3/c13-10-7-3-5(21(18,19)20)1-2-6(7)8(11(14)15)4-9(10)12(16)17;6-3(4(10)11)1-2-12-9-5(7)8/h1-4,13H,(H,18,19,20);3H,1-2,6H2,(H,10,11)(H4,7,8,9). The first-order valence-corrected chi connectivity index (χ1v) is 9.86. The number of nitrogens with zero attached hydrogens (tertiary/aromatic N) is 3. The monoisotopic (exact) mass is 490 g/mol. The Morgan fingerprint density at radius 1 is 1.12 bits per heavy atom. The third kappa shape index (κ3) is 7.41. The zero-order valence-corrected chi connectivity index (χ0v) is 17.2. The first kappa shape index (κ1) is 26.7. The number of nitrogens with two attached hydrogens (primary N) is 3. The Morgan fingerprint density at radius 2 is 1.70 bits per heavy atom. The van der Waals surface area contributed by atoms with E-state index in [1.54, 1.807) is 0 Å². The Balaban J connectivity index is 0.000000389. The minimum Gasteiger partial charge on any atom is -0.502 e. The van der Waals surface area contributed by atoms with Crippen molar-refractivity contribution >= 4 is 44.2 Å². The smallest absolute Gasteiger partial charge is 0.320 e. The van der Waals surface area contributed by atoms with Crippen molar-refractivity contribution in [2.75, 3.05) is 6.61 Å². The third-order valence-corrected chi connectivity index (χ3v) is 4.59. The molecule has 0 aliphatic carbocycles. The van der Waals surface area contributed by atoms with Crippen LogP contribution in [0.4, 0.5) is 11.4 Å². The van der Waals surface area contributed by atoms with Crippen LogP contribution in [0.15, 0.2) is 34.3 Å². The summed E-state index contributed by atoms with van der Waals surface area (Å²) in [6, 6.07) is 2.21. The normalized spacial score (nSPS) is 11.6. The van der Waals surface area contributed by atoms with Gasteiger partial charge in [0.2, 0.25) is 11.7 Å². The number of oxime groups is 1. The van der Waals surface area contributed by atoms with Crippen LogP contribution in [0.25, 0.3) is 10.8 Å². The lowest BCUT2D eigenvalue weighted by Gasteiger charge is -2.05. The topological polar surface area (TPSA) is 298 Å². The van der Waals surface area contributed by atoms with Crippen LogP contribution in [-0.2, 0) is 19.8 Å². The van der Waals surface area contributed by atoms with E-state index in [0.29, 0.717) is 6.07 Å². The maximum Gasteiger partial charge on any atom is 0.320 e. The van der Waals surface area contributed by atoms with E-state index in [0.717, 1.165) is 18.2 Å². The summed E-state index contributed by atoms with van der Waals surface area (Å²) in [6.45, 7) is 0.0748. The second-order valence-corrected chi connectivity index (χ2v) is 7.46. The van der Waals surface area contributed by atoms with Crippen LogP contribution >= 0.6 is 0 Å². The number of nitro groups is 2. The lowest BCUT2D eigenvalue weighted by atomic mass is 10.1. The molecule has 17 nitrogen and oxygen atoms in total. The fourth-order valence-corrected chi connectivity index (χ4v) is 2.74. The lowest BCUT2D eigenvalue weighted by Crippen LogP contribution is -2.31. The van der Waals surface area contributed by atoms with Gasteiger partial charge in [0, 0.05) is 11.8 Å². The van der Waals surface area contributed by atoms with Gasteiger partial charge in [0.15, 0.2) is 0 Å². The third-order valence-electron chi connectivity index (χ3n) is 3.74. The van der Waals surface area contributed by atoms with Crippen molar-refractivity contribution in [3.8, 4) is 5.75 Å². The predicted molar refractivity (Wildman–Crippen MR) is 111 cm³/mol. The van der Waals surface area contributed by atoms with E-state index in [-0.39, 0.29) is 24.4 Å². The lowest BCUT2D eigenvalue weighted by molar-refractivity contribution is -0.393. The number of hydrogen-bond acceptors (Lipinski definition) is 11. The molecule has 180 valence electrons. The van der Waals surface area contributed by atoms with E-state index in [9.17, 15) is 38.5 Å². The van der Waals surface area contributed by atoms with Gasteiger partial charge in [-0.3, -0.25) is 29.6 Å². The van der Waals surface area contributed by atoms with Crippen molar-refractivity contribution in [3.05, 3.63) is 44.5 Å². The van der Waals surface area contributed by atoms with Gasteiger partial charge in [0.05, 0.1) is 26.2 Å². The molecule has 0 saturated heterocycles. The molecule has 2 rings (SSSR count). The van der Waals surface area contributed by atoms with Crippen molar-refractivity contribution in [1.82, 2.24) is 0 Å². The largest absolute Gasteiger partial charge is 0.502 e. The molecule has 0 bridgehead atoms. The molecule has 0 radical (unpaired) electrons. The molecule has 0 aliphatic heterocycles. The Bertz CT molecular complexity index is 1210. The maximum absolute atomic E-state index is 11.0. The molecule has 33 heavy (non-hydrogen) atoms. The van der Waals surface area contributed by atoms with Crippen molar-refractivity contribution in [2.45, 2.75) is 17.4 Å². The highest BCUT2D eigenvalue weighted by Crippen LogP contribution is 2.40. The highest BCUT2D eigenvalue weighted by atomic mass is 32.2. The SMILES string of the molecule is NC(N)=NOCCC(N)C(=O)O.O=[N+]([O-])c1cc([N+](=O)[O-])c2ccc(S(=O)(=O)O)cc2c1O. The first-order valence-electron chi connectivity index (χ1n) is 8.42. The fourth-order valence-electron chi connectivity index (χ4n) is 2.23. The molecule has 1 unspecified atom stereocenters. The minimum absolute atomic E-state index is 0.0748. The van der Waals surface area contributed by atoms with Gasteiger partial charge in [-0.15, -0.1) is 0 Å². The summed E-state index contributed by atoms with van der Waals surface area (Å²) >= 11 is 0. The Hall–Kier alpha value is -4.29. The van der Waals surface area contributed by atoms with Gasteiger partial charge >= 0.3 is 11.7 Å². The first-order chi connectivity index (χ1) is 15.2. The van der Waals surface area contributed by atoms with Crippen LogP contribution in [-0.4, -0.2) is 57.6 Å². The van der Waals surface area contributed by atoms with E-state index in [2.05, 4.69) is 9.99 Å². The summed E-state index contributed by atoms with van der Waals surface area (Å²) in [4.78, 5) is 33.8. The zero-order chi connectivity index (χ0) is 25.5. The predicted octanol–water partition coefficient (Wildman–Crippen LogP) is -0.398. The van der Waals surface area contributed by atoms with Crippen molar-refractivity contribution in [2.24, 2.45) is 22.4 Å². The molecule has 0 fully saturated rings. The minimum atomic E-state index is -4.63. The summed E-state index contributed by atoms with van der Waals surface area (Å²) < 4.78 is 31.0. The highest BCUT2D eigenvalue weighted by molar-refractivity contribution is 7.85. The van der Waals surface area contributed by atoms with Crippen LogP contribution in [0.5, 0.6) is 5.75 Å². The van der Waals surface area contributed by atoms with Gasteiger partial charge in [-0.05, 0) is 23.4 Å². The van der Waals surface area contributed by atoms with Crippen molar-refractivity contribution < 1.29 is 42.7 Å². The van der Waals surface area contributed by atoms with Gasteiger partial charge in [-0.25, -0.2) is 0 Å². The average molecular weight is 490 g/mol. The van der Waals surface area contributed by atoms with Crippen molar-refractivity contribution in [3.63, 3.8) is 0 Å². The molecule has 2 aromatic carbocycles. The van der Waals surface area contributed by atoms with Gasteiger partial charge < -0.3 is 32.3 Å². The molecule has 18 heteroatoms. The van der Waals surface area contributed by atoms with Gasteiger partial charge in [0.1, 0.15) is 12.6 Å². The number of phenolic OH excluding ortho intramolecular Hbond substituents is 1. The molecular weight excluding hydrogens is 472 g/mol. The van der Waals surface area contributed by atoms with E-state index in [1.807, 2.05) is 0 Å². The van der Waals surface area contributed by atoms with E-state index in [4.69, 9.17) is 26.9 Å². The number of nitro benzene ring substituents is 2. The number of carboxylic acid groups (broad SMARTS) is 1. The van der Waals surface area contributed by atoms with Crippen LogP contribution in [0.2, 0.25) is 0 Å². The quantitative estimate of drug-likeness (QED) is 0.0685. The maximum atomic E-state index is 11.0. The van der Waals surface area contributed by atoms with Crippen molar-refractivity contribution in [1.29, 1.82) is 0 Å². The number of guanidine groups is 1. The van der Waals surface area contributed by atoms with Crippen LogP contribution in [0.3, 0.4) is 0 Å². The second-order valence-electron chi connectivity index (χ2n) is 6.04. The number of carboxylic acids is 1. The van der Waals surface area contributed by atoms with Crippen LogP contribution < -0.4 is 17.2 Å². The Labute approximate surface area is 184 Å². The molecule has 0 saturated carbocycles. The average Bonchev–Trinajstić information content (AvgIpc) is 2.70. The molecule has 2 aromatic rings. The number of rotatable bonds is 8. The summed E-state index contributed by atoms with van der Waals surface area (Å²) in [5, 5.41) is 42.4. The van der Waals surface area contributed by atoms with E-state index in [1.165, 1.54) is 0 Å². The zero-order valence-electron chi connectivity index (χ0n) is 16.4.